The largest absolute Gasteiger partial charge is 0.327 e. The zero-order chi connectivity index (χ0) is 11.3. The third kappa shape index (κ3) is 4.23. The number of halogens is 1. The van der Waals surface area contributed by atoms with E-state index in [2.05, 4.69) is 11.5 Å². The van der Waals surface area contributed by atoms with E-state index in [1.807, 2.05) is 13.1 Å². The molecule has 15 heavy (non-hydrogen) atoms. The molecule has 0 saturated heterocycles. The molecule has 0 spiro atoms. The van der Waals surface area contributed by atoms with Crippen LogP contribution in [0.15, 0.2) is 36.4 Å². The van der Waals surface area contributed by atoms with Gasteiger partial charge in [-0.25, -0.2) is 4.39 Å². The number of hydrogen-bond acceptors (Lipinski definition) is 2. The Bertz CT molecular complexity index is 336. The fourth-order valence-electron chi connectivity index (χ4n) is 1.45. The first-order valence-electron chi connectivity index (χ1n) is 4.91. The van der Waals surface area contributed by atoms with Gasteiger partial charge in [-0.15, -0.1) is 0 Å². The fraction of sp³-hybridized carbons (Fsp3) is 0.333. The van der Waals surface area contributed by atoms with E-state index >= 15 is 0 Å². The highest BCUT2D eigenvalue weighted by Crippen LogP contribution is 2.06. The summed E-state index contributed by atoms with van der Waals surface area (Å²) in [6, 6.07) is 6.62. The number of benzene rings is 1. The van der Waals surface area contributed by atoms with Gasteiger partial charge in [0.05, 0.1) is 0 Å². The van der Waals surface area contributed by atoms with Gasteiger partial charge in [-0.1, -0.05) is 18.7 Å². The number of likely N-dealkylation sites (N-methyl/N-ethyl adjacent to an activating group) is 1. The molecule has 3 heteroatoms. The average molecular weight is 208 g/mol. The minimum absolute atomic E-state index is 0.196. The van der Waals surface area contributed by atoms with Crippen LogP contribution in [0.1, 0.15) is 5.56 Å². The van der Waals surface area contributed by atoms with Crippen LogP contribution >= 0.6 is 0 Å². The van der Waals surface area contributed by atoms with Crippen molar-refractivity contribution in [3.63, 3.8) is 0 Å². The van der Waals surface area contributed by atoms with Crippen molar-refractivity contribution in [1.82, 2.24) is 4.90 Å². The maximum atomic E-state index is 12.9. The van der Waals surface area contributed by atoms with Gasteiger partial charge in [0.1, 0.15) is 5.82 Å². The van der Waals surface area contributed by atoms with Gasteiger partial charge in [0.25, 0.3) is 0 Å². The van der Waals surface area contributed by atoms with Crippen molar-refractivity contribution in [2.45, 2.75) is 6.54 Å². The van der Waals surface area contributed by atoms with Crippen LogP contribution in [0.5, 0.6) is 0 Å². The molecule has 1 rings (SSSR count). The van der Waals surface area contributed by atoms with Crippen molar-refractivity contribution in [2.24, 2.45) is 5.73 Å². The Hall–Kier alpha value is -1.19. The number of rotatable bonds is 5. The SMILES string of the molecule is C=C(CN)CN(C)Cc1cccc(F)c1. The summed E-state index contributed by atoms with van der Waals surface area (Å²) in [7, 11) is 1.96. The van der Waals surface area contributed by atoms with Crippen LogP contribution in [0.25, 0.3) is 0 Å². The van der Waals surface area contributed by atoms with E-state index < -0.39 is 0 Å². The topological polar surface area (TPSA) is 29.3 Å². The smallest absolute Gasteiger partial charge is 0.123 e. The van der Waals surface area contributed by atoms with E-state index in [9.17, 15) is 4.39 Å². The van der Waals surface area contributed by atoms with Crippen LogP contribution in [0.2, 0.25) is 0 Å². The molecule has 0 radical (unpaired) electrons. The van der Waals surface area contributed by atoms with Gasteiger partial charge in [0.2, 0.25) is 0 Å². The van der Waals surface area contributed by atoms with Crippen LogP contribution in [-0.2, 0) is 6.54 Å². The lowest BCUT2D eigenvalue weighted by Gasteiger charge is -2.17. The molecule has 0 bridgehead atoms. The van der Waals surface area contributed by atoms with E-state index in [1.165, 1.54) is 6.07 Å². The van der Waals surface area contributed by atoms with E-state index in [0.29, 0.717) is 13.1 Å². The van der Waals surface area contributed by atoms with Crippen LogP contribution in [0.4, 0.5) is 4.39 Å². The highest BCUT2D eigenvalue weighted by Gasteiger charge is 2.02. The summed E-state index contributed by atoms with van der Waals surface area (Å²) >= 11 is 0. The summed E-state index contributed by atoms with van der Waals surface area (Å²) in [5, 5.41) is 0. The second-order valence-corrected chi connectivity index (χ2v) is 3.76. The van der Waals surface area contributed by atoms with Crippen LogP contribution in [-0.4, -0.2) is 25.0 Å². The first-order valence-corrected chi connectivity index (χ1v) is 4.91. The summed E-state index contributed by atoms with van der Waals surface area (Å²) in [4.78, 5) is 2.06. The lowest BCUT2D eigenvalue weighted by molar-refractivity contribution is 0.353. The predicted molar refractivity (Wildman–Crippen MR) is 60.9 cm³/mol. The van der Waals surface area contributed by atoms with E-state index in [4.69, 9.17) is 5.73 Å². The van der Waals surface area contributed by atoms with Crippen molar-refractivity contribution < 1.29 is 4.39 Å². The predicted octanol–water partition coefficient (Wildman–Crippen LogP) is 1.77. The minimum atomic E-state index is -0.196. The Balaban J connectivity index is 2.51. The van der Waals surface area contributed by atoms with Crippen LogP contribution in [0, 0.1) is 5.82 Å². The normalized spacial score (nSPS) is 10.7. The second kappa shape index (κ2) is 5.63. The van der Waals surface area contributed by atoms with E-state index in [-0.39, 0.29) is 5.82 Å². The molecule has 0 saturated carbocycles. The maximum absolute atomic E-state index is 12.9. The molecular weight excluding hydrogens is 191 g/mol. The third-order valence-electron chi connectivity index (χ3n) is 2.12. The van der Waals surface area contributed by atoms with Crippen LogP contribution < -0.4 is 5.73 Å². The van der Waals surface area contributed by atoms with Crippen molar-refractivity contribution in [3.8, 4) is 0 Å². The fourth-order valence-corrected chi connectivity index (χ4v) is 1.45. The molecule has 0 heterocycles. The van der Waals surface area contributed by atoms with Crippen molar-refractivity contribution in [1.29, 1.82) is 0 Å². The van der Waals surface area contributed by atoms with Gasteiger partial charge in [0.15, 0.2) is 0 Å². The molecule has 0 unspecified atom stereocenters. The molecular formula is C12H17FN2. The van der Waals surface area contributed by atoms with Gasteiger partial charge >= 0.3 is 0 Å². The summed E-state index contributed by atoms with van der Waals surface area (Å²) in [6.07, 6.45) is 0. The molecule has 0 amide bonds. The van der Waals surface area contributed by atoms with Gasteiger partial charge in [0, 0.05) is 19.6 Å². The Morgan fingerprint density at radius 3 is 2.87 bits per heavy atom. The van der Waals surface area contributed by atoms with E-state index in [0.717, 1.165) is 17.7 Å². The van der Waals surface area contributed by atoms with Crippen molar-refractivity contribution in [3.05, 3.63) is 47.8 Å². The van der Waals surface area contributed by atoms with E-state index in [1.54, 1.807) is 12.1 Å². The Kier molecular flexibility index (Phi) is 4.46. The Labute approximate surface area is 90.2 Å². The summed E-state index contributed by atoms with van der Waals surface area (Å²) in [6.45, 7) is 5.77. The van der Waals surface area contributed by atoms with Gasteiger partial charge in [-0.2, -0.15) is 0 Å². The standard InChI is InChI=1S/C12H17FN2/c1-10(7-14)8-15(2)9-11-4-3-5-12(13)6-11/h3-6H,1,7-9,14H2,2H3. The first kappa shape index (κ1) is 11.9. The maximum Gasteiger partial charge on any atom is 0.123 e. The molecule has 82 valence electrons. The number of nitrogens with two attached hydrogens (primary N) is 1. The van der Waals surface area contributed by atoms with Gasteiger partial charge < -0.3 is 5.73 Å². The molecule has 0 fully saturated rings. The highest BCUT2D eigenvalue weighted by molar-refractivity contribution is 5.16. The monoisotopic (exact) mass is 208 g/mol. The molecule has 0 aliphatic rings. The van der Waals surface area contributed by atoms with Crippen molar-refractivity contribution in [2.75, 3.05) is 20.1 Å². The molecule has 0 aliphatic heterocycles. The zero-order valence-electron chi connectivity index (χ0n) is 9.04. The highest BCUT2D eigenvalue weighted by atomic mass is 19.1. The Morgan fingerprint density at radius 2 is 2.27 bits per heavy atom. The second-order valence-electron chi connectivity index (χ2n) is 3.76. The van der Waals surface area contributed by atoms with Gasteiger partial charge in [-0.3, -0.25) is 4.90 Å². The summed E-state index contributed by atoms with van der Waals surface area (Å²) in [5.74, 6) is -0.196. The lowest BCUT2D eigenvalue weighted by atomic mass is 10.2. The number of hydrogen-bond donors (Lipinski definition) is 1. The number of nitrogens with zero attached hydrogens (tertiary/aromatic N) is 1. The average Bonchev–Trinajstić information content (AvgIpc) is 2.17. The van der Waals surface area contributed by atoms with Crippen molar-refractivity contribution >= 4 is 0 Å². The Morgan fingerprint density at radius 1 is 1.53 bits per heavy atom. The van der Waals surface area contributed by atoms with Gasteiger partial charge in [-0.05, 0) is 30.3 Å². The lowest BCUT2D eigenvalue weighted by Crippen LogP contribution is -2.23. The molecule has 2 N–H and O–H groups in total. The summed E-state index contributed by atoms with van der Waals surface area (Å²) in [5.41, 5.74) is 7.39. The third-order valence-corrected chi connectivity index (χ3v) is 2.12. The molecule has 2 nitrogen and oxygen atoms in total. The zero-order valence-corrected chi connectivity index (χ0v) is 9.04. The minimum Gasteiger partial charge on any atom is -0.327 e. The summed E-state index contributed by atoms with van der Waals surface area (Å²) < 4.78 is 12.9. The molecule has 1 aromatic rings. The quantitative estimate of drug-likeness (QED) is 0.747. The molecule has 0 aromatic heterocycles. The molecule has 1 aromatic carbocycles. The molecule has 0 atom stereocenters. The van der Waals surface area contributed by atoms with Crippen LogP contribution in [0.3, 0.4) is 0 Å². The first-order chi connectivity index (χ1) is 7.11. The molecule has 0 aliphatic carbocycles.